The van der Waals surface area contributed by atoms with Crippen molar-refractivity contribution in [3.63, 3.8) is 0 Å². The number of piperazine rings is 1. The molecular weight excluding hydrogens is 378 g/mol. The standard InChI is InChI=1S/C23H31N5O2/c1-19-24-21(26-10-6-3-7-11-26)16-22(25-19)27-12-14-28(15-13-27)23(29)18-30-17-20-8-4-2-5-9-20/h2,4-5,8-9,16H,3,6-7,10-15,17-18H2,1H3. The quantitative estimate of drug-likeness (QED) is 0.731. The summed E-state index contributed by atoms with van der Waals surface area (Å²) >= 11 is 0. The zero-order valence-corrected chi connectivity index (χ0v) is 17.8. The van der Waals surface area contributed by atoms with E-state index in [0.717, 1.165) is 49.2 Å². The summed E-state index contributed by atoms with van der Waals surface area (Å²) in [6.45, 7) is 7.63. The molecule has 0 N–H and O–H groups in total. The van der Waals surface area contributed by atoms with Crippen molar-refractivity contribution in [3.05, 3.63) is 47.8 Å². The molecule has 0 radical (unpaired) electrons. The first-order valence-corrected chi connectivity index (χ1v) is 10.9. The average molecular weight is 410 g/mol. The number of rotatable bonds is 6. The zero-order chi connectivity index (χ0) is 20.8. The van der Waals surface area contributed by atoms with E-state index >= 15 is 0 Å². The van der Waals surface area contributed by atoms with Gasteiger partial charge in [0.25, 0.3) is 0 Å². The number of benzene rings is 1. The molecule has 30 heavy (non-hydrogen) atoms. The van der Waals surface area contributed by atoms with Crippen LogP contribution < -0.4 is 9.80 Å². The molecule has 0 aliphatic carbocycles. The Labute approximate surface area is 178 Å². The first-order chi connectivity index (χ1) is 14.7. The average Bonchev–Trinajstić information content (AvgIpc) is 2.80. The van der Waals surface area contributed by atoms with Gasteiger partial charge < -0.3 is 19.4 Å². The molecule has 3 heterocycles. The van der Waals surface area contributed by atoms with Crippen molar-refractivity contribution in [2.45, 2.75) is 32.8 Å². The lowest BCUT2D eigenvalue weighted by atomic mass is 10.1. The van der Waals surface area contributed by atoms with Crippen molar-refractivity contribution in [2.75, 3.05) is 55.7 Å². The number of carbonyl (C=O) groups is 1. The monoisotopic (exact) mass is 409 g/mol. The van der Waals surface area contributed by atoms with Gasteiger partial charge >= 0.3 is 0 Å². The smallest absolute Gasteiger partial charge is 0.248 e. The first kappa shape index (κ1) is 20.6. The van der Waals surface area contributed by atoms with Crippen LogP contribution in [0.5, 0.6) is 0 Å². The number of aromatic nitrogens is 2. The predicted molar refractivity (Wildman–Crippen MR) is 118 cm³/mol. The van der Waals surface area contributed by atoms with Crippen LogP contribution in [0.2, 0.25) is 0 Å². The number of ether oxygens (including phenoxy) is 1. The van der Waals surface area contributed by atoms with Crippen molar-refractivity contribution >= 4 is 17.5 Å². The minimum Gasteiger partial charge on any atom is -0.367 e. The predicted octanol–water partition coefficient (Wildman–Crippen LogP) is 2.64. The van der Waals surface area contributed by atoms with Gasteiger partial charge in [-0.3, -0.25) is 4.79 Å². The number of amides is 1. The van der Waals surface area contributed by atoms with Crippen molar-refractivity contribution in [3.8, 4) is 0 Å². The van der Waals surface area contributed by atoms with Gasteiger partial charge in [-0.1, -0.05) is 30.3 Å². The topological polar surface area (TPSA) is 61.8 Å². The number of anilines is 2. The Kier molecular flexibility index (Phi) is 6.79. The number of hydrogen-bond acceptors (Lipinski definition) is 6. The van der Waals surface area contributed by atoms with Gasteiger partial charge in [-0.2, -0.15) is 0 Å². The molecule has 2 aliphatic heterocycles. The highest BCUT2D eigenvalue weighted by Crippen LogP contribution is 2.23. The molecule has 1 aromatic carbocycles. The molecule has 4 rings (SSSR count). The molecule has 160 valence electrons. The lowest BCUT2D eigenvalue weighted by molar-refractivity contribution is -0.136. The number of nitrogens with zero attached hydrogens (tertiary/aromatic N) is 5. The third kappa shape index (κ3) is 5.27. The fraction of sp³-hybridized carbons (Fsp3) is 0.522. The van der Waals surface area contributed by atoms with Crippen molar-refractivity contribution in [1.29, 1.82) is 0 Å². The fourth-order valence-corrected chi connectivity index (χ4v) is 4.09. The highest BCUT2D eigenvalue weighted by Gasteiger charge is 2.23. The van der Waals surface area contributed by atoms with Crippen LogP contribution in [0.4, 0.5) is 11.6 Å². The van der Waals surface area contributed by atoms with E-state index < -0.39 is 0 Å². The van der Waals surface area contributed by atoms with Gasteiger partial charge in [-0.05, 0) is 31.7 Å². The second-order valence-electron chi connectivity index (χ2n) is 8.03. The van der Waals surface area contributed by atoms with E-state index in [1.165, 1.54) is 19.3 Å². The van der Waals surface area contributed by atoms with Crippen LogP contribution in [-0.2, 0) is 16.1 Å². The molecule has 1 aromatic heterocycles. The van der Waals surface area contributed by atoms with Gasteiger partial charge in [0.15, 0.2) is 0 Å². The van der Waals surface area contributed by atoms with E-state index in [0.29, 0.717) is 19.7 Å². The van der Waals surface area contributed by atoms with Crippen LogP contribution in [0.3, 0.4) is 0 Å². The molecule has 2 aliphatic rings. The maximum atomic E-state index is 12.5. The third-order valence-electron chi connectivity index (χ3n) is 5.78. The Morgan fingerprint density at radius 2 is 1.53 bits per heavy atom. The summed E-state index contributed by atoms with van der Waals surface area (Å²) in [5.41, 5.74) is 1.08. The minimum atomic E-state index is 0.0541. The number of aryl methyl sites for hydroxylation is 1. The molecule has 0 saturated carbocycles. The van der Waals surface area contributed by atoms with Gasteiger partial charge in [-0.25, -0.2) is 9.97 Å². The van der Waals surface area contributed by atoms with Gasteiger partial charge in [0.05, 0.1) is 6.61 Å². The lowest BCUT2D eigenvalue weighted by Gasteiger charge is -2.36. The summed E-state index contributed by atoms with van der Waals surface area (Å²) in [6.07, 6.45) is 3.76. The van der Waals surface area contributed by atoms with E-state index in [4.69, 9.17) is 4.74 Å². The van der Waals surface area contributed by atoms with Crippen molar-refractivity contribution < 1.29 is 9.53 Å². The van der Waals surface area contributed by atoms with Crippen LogP contribution in [0.15, 0.2) is 36.4 Å². The van der Waals surface area contributed by atoms with E-state index in [-0.39, 0.29) is 12.5 Å². The number of hydrogen-bond donors (Lipinski definition) is 0. The second kappa shape index (κ2) is 9.89. The largest absolute Gasteiger partial charge is 0.367 e. The molecule has 0 atom stereocenters. The summed E-state index contributed by atoms with van der Waals surface area (Å²) < 4.78 is 5.61. The Hall–Kier alpha value is -2.67. The van der Waals surface area contributed by atoms with E-state index in [9.17, 15) is 4.79 Å². The molecule has 2 saturated heterocycles. The summed E-state index contributed by atoms with van der Waals surface area (Å²) in [5, 5.41) is 0. The molecule has 2 aromatic rings. The van der Waals surface area contributed by atoms with Crippen LogP contribution in [0.25, 0.3) is 0 Å². The SMILES string of the molecule is Cc1nc(N2CCCCC2)cc(N2CCN(C(=O)COCc3ccccc3)CC2)n1. The highest BCUT2D eigenvalue weighted by molar-refractivity contribution is 5.77. The van der Waals surface area contributed by atoms with E-state index in [1.54, 1.807) is 0 Å². The maximum Gasteiger partial charge on any atom is 0.248 e. The van der Waals surface area contributed by atoms with Gasteiger partial charge in [0, 0.05) is 45.3 Å². The summed E-state index contributed by atoms with van der Waals surface area (Å²) in [6, 6.07) is 12.0. The second-order valence-corrected chi connectivity index (χ2v) is 8.03. The van der Waals surface area contributed by atoms with Crippen molar-refractivity contribution in [1.82, 2.24) is 14.9 Å². The molecule has 0 spiro atoms. The Morgan fingerprint density at radius 1 is 0.900 bits per heavy atom. The molecular formula is C23H31N5O2. The Morgan fingerprint density at radius 3 is 2.20 bits per heavy atom. The number of piperidine rings is 1. The lowest BCUT2D eigenvalue weighted by Crippen LogP contribution is -2.50. The van der Waals surface area contributed by atoms with Gasteiger partial charge in [0.2, 0.25) is 5.91 Å². The Balaban J connectivity index is 1.28. The Bertz CT molecular complexity index is 831. The van der Waals surface area contributed by atoms with E-state index in [1.807, 2.05) is 42.2 Å². The molecule has 1 amide bonds. The van der Waals surface area contributed by atoms with Crippen LogP contribution in [0, 0.1) is 6.92 Å². The molecule has 0 unspecified atom stereocenters. The van der Waals surface area contributed by atoms with Gasteiger partial charge in [0.1, 0.15) is 24.1 Å². The van der Waals surface area contributed by atoms with Crippen molar-refractivity contribution in [2.24, 2.45) is 0 Å². The minimum absolute atomic E-state index is 0.0541. The zero-order valence-electron chi connectivity index (χ0n) is 17.8. The molecule has 2 fully saturated rings. The summed E-state index contributed by atoms with van der Waals surface area (Å²) in [5.74, 6) is 2.86. The summed E-state index contributed by atoms with van der Waals surface area (Å²) in [4.78, 5) is 28.3. The summed E-state index contributed by atoms with van der Waals surface area (Å²) in [7, 11) is 0. The fourth-order valence-electron chi connectivity index (χ4n) is 4.09. The first-order valence-electron chi connectivity index (χ1n) is 10.9. The highest BCUT2D eigenvalue weighted by atomic mass is 16.5. The van der Waals surface area contributed by atoms with Crippen LogP contribution in [-0.4, -0.2) is 66.7 Å². The molecule has 7 nitrogen and oxygen atoms in total. The van der Waals surface area contributed by atoms with Gasteiger partial charge in [-0.15, -0.1) is 0 Å². The molecule has 0 bridgehead atoms. The third-order valence-corrected chi connectivity index (χ3v) is 5.78. The number of carbonyl (C=O) groups excluding carboxylic acids is 1. The normalized spacial score (nSPS) is 17.3. The molecule has 7 heteroatoms. The van der Waals surface area contributed by atoms with E-state index in [2.05, 4.69) is 25.8 Å². The maximum absolute atomic E-state index is 12.5. The van der Waals surface area contributed by atoms with Crippen LogP contribution >= 0.6 is 0 Å². The van der Waals surface area contributed by atoms with Crippen LogP contribution in [0.1, 0.15) is 30.7 Å².